The predicted octanol–water partition coefficient (Wildman–Crippen LogP) is 0.823. The zero-order valence-corrected chi connectivity index (χ0v) is 15.2. The van der Waals surface area contributed by atoms with Crippen molar-refractivity contribution >= 4 is 34.1 Å². The van der Waals surface area contributed by atoms with E-state index in [1.54, 1.807) is 0 Å². The van der Waals surface area contributed by atoms with E-state index in [1.165, 1.54) is 18.4 Å². The highest BCUT2D eigenvalue weighted by Crippen LogP contribution is 2.40. The van der Waals surface area contributed by atoms with Gasteiger partial charge in [0.25, 0.3) is 0 Å². The number of rotatable bonds is 5. The van der Waals surface area contributed by atoms with Crippen LogP contribution in [0, 0.1) is 0 Å². The molecule has 1 aliphatic rings. The average molecular weight is 370 g/mol. The fraction of sp³-hybridized carbons (Fsp3) is 0.562. The minimum absolute atomic E-state index is 0.0815. The van der Waals surface area contributed by atoms with Gasteiger partial charge in [0.15, 0.2) is 0 Å². The van der Waals surface area contributed by atoms with Crippen molar-refractivity contribution in [2.24, 2.45) is 0 Å². The third-order valence-electron chi connectivity index (χ3n) is 3.73. The van der Waals surface area contributed by atoms with E-state index in [4.69, 9.17) is 14.6 Å². The van der Waals surface area contributed by atoms with Crippen LogP contribution >= 0.6 is 11.3 Å². The van der Waals surface area contributed by atoms with Gasteiger partial charge in [-0.1, -0.05) is 0 Å². The highest BCUT2D eigenvalue weighted by atomic mass is 32.1. The maximum Gasteiger partial charge on any atom is 0.341 e. The predicted molar refractivity (Wildman–Crippen MR) is 91.6 cm³/mol. The topological polar surface area (TPSA) is 114 Å². The van der Waals surface area contributed by atoms with Gasteiger partial charge in [-0.2, -0.15) is 0 Å². The van der Waals surface area contributed by atoms with E-state index in [1.807, 2.05) is 13.8 Å². The number of hydrogen-bond acceptors (Lipinski definition) is 7. The Labute approximate surface area is 149 Å². The molecule has 1 aromatic heterocycles. The normalized spacial score (nSPS) is 15.2. The highest BCUT2D eigenvalue weighted by Gasteiger charge is 2.34. The van der Waals surface area contributed by atoms with Crippen LogP contribution in [-0.4, -0.2) is 48.8 Å². The number of anilines is 1. The van der Waals surface area contributed by atoms with Crippen LogP contribution in [0.4, 0.5) is 5.00 Å². The molecule has 0 spiro atoms. The molecule has 0 unspecified atom stereocenters. The number of methoxy groups -OCH3 is 1. The minimum atomic E-state index is -0.873. The van der Waals surface area contributed by atoms with E-state index in [2.05, 4.69) is 10.6 Å². The Morgan fingerprint density at radius 1 is 1.32 bits per heavy atom. The number of thiophene rings is 1. The number of aliphatic hydroxyl groups excluding tert-OH is 1. The third kappa shape index (κ3) is 4.56. The Bertz CT molecular complexity index is 682. The second-order valence-electron chi connectivity index (χ2n) is 6.21. The molecule has 0 saturated heterocycles. The van der Waals surface area contributed by atoms with Gasteiger partial charge >= 0.3 is 17.8 Å². The summed E-state index contributed by atoms with van der Waals surface area (Å²) in [6.45, 7) is 4.27. The minimum Gasteiger partial charge on any atom is -0.465 e. The average Bonchev–Trinajstić information content (AvgIpc) is 2.90. The first-order valence-corrected chi connectivity index (χ1v) is 8.67. The van der Waals surface area contributed by atoms with Gasteiger partial charge in [-0.3, -0.25) is 9.59 Å². The molecule has 25 heavy (non-hydrogen) atoms. The summed E-state index contributed by atoms with van der Waals surface area (Å²) < 4.78 is 10.6. The van der Waals surface area contributed by atoms with Crippen LogP contribution in [0.1, 0.15) is 41.1 Å². The number of carbonyl (C=O) groups is 3. The van der Waals surface area contributed by atoms with Crippen molar-refractivity contribution in [1.29, 1.82) is 0 Å². The van der Waals surface area contributed by atoms with Crippen molar-refractivity contribution in [3.63, 3.8) is 0 Å². The van der Waals surface area contributed by atoms with Gasteiger partial charge in [-0.15, -0.1) is 11.3 Å². The van der Waals surface area contributed by atoms with Gasteiger partial charge in [0, 0.05) is 24.4 Å². The largest absolute Gasteiger partial charge is 0.465 e. The molecule has 2 heterocycles. The van der Waals surface area contributed by atoms with Crippen LogP contribution in [0.3, 0.4) is 0 Å². The molecule has 2 rings (SSSR count). The summed E-state index contributed by atoms with van der Waals surface area (Å²) in [7, 11) is 1.27. The maximum absolute atomic E-state index is 12.2. The number of carbonyl (C=O) groups excluding carboxylic acids is 3. The van der Waals surface area contributed by atoms with E-state index in [0.717, 1.165) is 10.4 Å². The molecule has 138 valence electrons. The van der Waals surface area contributed by atoms with Crippen molar-refractivity contribution in [2.45, 2.75) is 38.9 Å². The van der Waals surface area contributed by atoms with Crippen molar-refractivity contribution < 1.29 is 29.0 Å². The molecule has 0 bridgehead atoms. The van der Waals surface area contributed by atoms with E-state index < -0.39 is 23.4 Å². The Hall–Kier alpha value is -1.97. The lowest BCUT2D eigenvalue weighted by Gasteiger charge is -2.30. The summed E-state index contributed by atoms with van der Waals surface area (Å²) >= 11 is 1.20. The summed E-state index contributed by atoms with van der Waals surface area (Å²) in [4.78, 5) is 36.9. The molecule has 0 atom stereocenters. The van der Waals surface area contributed by atoms with Crippen molar-refractivity contribution in [1.82, 2.24) is 5.32 Å². The van der Waals surface area contributed by atoms with Crippen LogP contribution in [0.25, 0.3) is 0 Å². The van der Waals surface area contributed by atoms with E-state index in [-0.39, 0.29) is 23.7 Å². The lowest BCUT2D eigenvalue weighted by molar-refractivity contribution is -0.136. The first-order valence-electron chi connectivity index (χ1n) is 7.86. The van der Waals surface area contributed by atoms with Gasteiger partial charge in [0.05, 0.1) is 24.9 Å². The zero-order valence-electron chi connectivity index (χ0n) is 14.4. The molecule has 1 aromatic rings. The standard InChI is InChI=1S/C16H22N2O6S/c1-16(2)7-9-10(8-24-16)25-14(11(9)15(22)23-3)18-13(21)12(20)17-5-4-6-19/h19H,4-8H2,1-3H3,(H,17,20)(H,18,21). The van der Waals surface area contributed by atoms with Gasteiger partial charge < -0.3 is 25.2 Å². The van der Waals surface area contributed by atoms with Gasteiger partial charge in [-0.25, -0.2) is 4.79 Å². The second-order valence-corrected chi connectivity index (χ2v) is 7.32. The fourth-order valence-corrected chi connectivity index (χ4v) is 3.59. The van der Waals surface area contributed by atoms with Gasteiger partial charge in [0.1, 0.15) is 5.00 Å². The number of hydrogen-bond donors (Lipinski definition) is 3. The molecule has 1 aliphatic heterocycles. The molecule has 0 aromatic carbocycles. The zero-order chi connectivity index (χ0) is 18.6. The monoisotopic (exact) mass is 370 g/mol. The first kappa shape index (κ1) is 19.4. The van der Waals surface area contributed by atoms with Crippen molar-refractivity contribution in [3.05, 3.63) is 16.0 Å². The highest BCUT2D eigenvalue weighted by molar-refractivity contribution is 7.17. The summed E-state index contributed by atoms with van der Waals surface area (Å²) in [5.74, 6) is -2.26. The molecule has 0 aliphatic carbocycles. The van der Waals surface area contributed by atoms with Crippen LogP contribution in [-0.2, 0) is 32.1 Å². The Morgan fingerprint density at radius 2 is 2.04 bits per heavy atom. The summed E-state index contributed by atoms with van der Waals surface area (Å²) in [6.07, 6.45) is 0.855. The Morgan fingerprint density at radius 3 is 2.68 bits per heavy atom. The molecule has 8 nitrogen and oxygen atoms in total. The summed E-state index contributed by atoms with van der Waals surface area (Å²) in [5, 5.41) is 13.9. The summed E-state index contributed by atoms with van der Waals surface area (Å²) in [6, 6.07) is 0. The van der Waals surface area contributed by atoms with E-state index in [0.29, 0.717) is 19.4 Å². The maximum atomic E-state index is 12.2. The van der Waals surface area contributed by atoms with Crippen LogP contribution in [0.15, 0.2) is 0 Å². The van der Waals surface area contributed by atoms with E-state index in [9.17, 15) is 14.4 Å². The van der Waals surface area contributed by atoms with Crippen LogP contribution in [0.2, 0.25) is 0 Å². The van der Waals surface area contributed by atoms with Crippen LogP contribution in [0.5, 0.6) is 0 Å². The van der Waals surface area contributed by atoms with Crippen molar-refractivity contribution in [2.75, 3.05) is 25.6 Å². The fourth-order valence-electron chi connectivity index (χ4n) is 2.48. The van der Waals surface area contributed by atoms with E-state index >= 15 is 0 Å². The Balaban J connectivity index is 2.23. The lowest BCUT2D eigenvalue weighted by atomic mass is 9.93. The number of amides is 2. The van der Waals surface area contributed by atoms with Crippen molar-refractivity contribution in [3.8, 4) is 0 Å². The number of ether oxygens (including phenoxy) is 2. The molecule has 3 N–H and O–H groups in total. The molecule has 0 fully saturated rings. The third-order valence-corrected chi connectivity index (χ3v) is 4.85. The molecule has 0 saturated carbocycles. The molecule has 0 radical (unpaired) electrons. The first-order chi connectivity index (χ1) is 11.8. The lowest BCUT2D eigenvalue weighted by Crippen LogP contribution is -2.36. The van der Waals surface area contributed by atoms with Crippen LogP contribution < -0.4 is 10.6 Å². The second kappa shape index (κ2) is 7.94. The number of nitrogens with one attached hydrogen (secondary N) is 2. The van der Waals surface area contributed by atoms with Gasteiger partial charge in [0.2, 0.25) is 0 Å². The quantitative estimate of drug-likeness (QED) is 0.402. The van der Waals surface area contributed by atoms with Gasteiger partial charge in [-0.05, 0) is 25.8 Å². The molecular formula is C16H22N2O6S. The SMILES string of the molecule is COC(=O)c1c(NC(=O)C(=O)NCCCO)sc2c1CC(C)(C)OC2. The molecule has 2 amide bonds. The molecule has 9 heteroatoms. The number of fused-ring (bicyclic) bond motifs is 1. The molecular weight excluding hydrogens is 348 g/mol. The Kier molecular flexibility index (Phi) is 6.15. The smallest absolute Gasteiger partial charge is 0.341 e. The summed E-state index contributed by atoms with van der Waals surface area (Å²) in [5.41, 5.74) is 0.624. The number of esters is 1. The number of aliphatic hydroxyl groups is 1.